The van der Waals surface area contributed by atoms with Gasteiger partial charge >= 0.3 is 0 Å². The Bertz CT molecular complexity index is 376. The summed E-state index contributed by atoms with van der Waals surface area (Å²) < 4.78 is 17.6. The molecule has 3 nitrogen and oxygen atoms in total. The predicted octanol–water partition coefficient (Wildman–Crippen LogP) is 4.31. The van der Waals surface area contributed by atoms with Crippen LogP contribution in [0.1, 0.15) is 40.0 Å². The van der Waals surface area contributed by atoms with E-state index in [9.17, 15) is 0 Å². The van der Waals surface area contributed by atoms with E-state index >= 15 is 0 Å². The molecule has 1 aliphatic heterocycles. The summed E-state index contributed by atoms with van der Waals surface area (Å²) in [4.78, 5) is 0. The van der Waals surface area contributed by atoms with E-state index in [0.717, 1.165) is 32.5 Å². The molecule has 0 aromatic heterocycles. The Kier molecular flexibility index (Phi) is 4.39. The van der Waals surface area contributed by atoms with Gasteiger partial charge in [-0.05, 0) is 50.4 Å². The Hall–Kier alpha value is -0.323. The van der Waals surface area contributed by atoms with Crippen molar-refractivity contribution in [1.29, 1.82) is 0 Å². The van der Waals surface area contributed by atoms with E-state index in [1.54, 1.807) is 0 Å². The van der Waals surface area contributed by atoms with Crippen LogP contribution in [0, 0.1) is 11.3 Å². The standard InChI is InChI=1S/C16H30O3Si/c1-15(2)12-14(19-20(4,5)6)11-13(15)7-8-16(3)17-9-10-18-16/h11,13H,7-10,12H2,1-6H3/t13-/m0/s1. The van der Waals surface area contributed by atoms with Gasteiger partial charge in [0, 0.05) is 12.8 Å². The first-order valence-corrected chi connectivity index (χ1v) is 11.2. The van der Waals surface area contributed by atoms with Crippen molar-refractivity contribution in [3.8, 4) is 0 Å². The second kappa shape index (κ2) is 5.47. The van der Waals surface area contributed by atoms with Crippen LogP contribution in [-0.2, 0) is 13.9 Å². The highest BCUT2D eigenvalue weighted by molar-refractivity contribution is 6.70. The van der Waals surface area contributed by atoms with Crippen LogP contribution in [0.15, 0.2) is 11.8 Å². The number of hydrogen-bond donors (Lipinski definition) is 0. The van der Waals surface area contributed by atoms with E-state index < -0.39 is 8.32 Å². The van der Waals surface area contributed by atoms with Gasteiger partial charge in [-0.25, -0.2) is 0 Å². The highest BCUT2D eigenvalue weighted by atomic mass is 28.4. The molecular formula is C16H30O3Si. The molecule has 1 aliphatic carbocycles. The van der Waals surface area contributed by atoms with Crippen LogP contribution >= 0.6 is 0 Å². The van der Waals surface area contributed by atoms with E-state index in [2.05, 4.69) is 46.5 Å². The van der Waals surface area contributed by atoms with E-state index in [0.29, 0.717) is 5.92 Å². The maximum atomic E-state index is 6.20. The van der Waals surface area contributed by atoms with Crippen LogP contribution in [0.2, 0.25) is 19.6 Å². The van der Waals surface area contributed by atoms with Gasteiger partial charge in [0.05, 0.1) is 19.0 Å². The van der Waals surface area contributed by atoms with Crippen LogP contribution in [0.25, 0.3) is 0 Å². The third kappa shape index (κ3) is 4.09. The molecule has 2 rings (SSSR count). The fourth-order valence-electron chi connectivity index (χ4n) is 3.15. The second-order valence-electron chi connectivity index (χ2n) is 7.99. The second-order valence-corrected chi connectivity index (χ2v) is 12.4. The first kappa shape index (κ1) is 16.1. The molecule has 1 heterocycles. The quantitative estimate of drug-likeness (QED) is 0.708. The fourth-order valence-corrected chi connectivity index (χ4v) is 4.07. The molecule has 0 spiro atoms. The van der Waals surface area contributed by atoms with Crippen molar-refractivity contribution < 1.29 is 13.9 Å². The molecule has 0 radical (unpaired) electrons. The zero-order chi connectivity index (χ0) is 15.0. The zero-order valence-corrected chi connectivity index (χ0v) is 14.9. The molecule has 1 atom stereocenters. The van der Waals surface area contributed by atoms with Crippen molar-refractivity contribution >= 4 is 8.32 Å². The van der Waals surface area contributed by atoms with Crippen molar-refractivity contribution in [3.63, 3.8) is 0 Å². The summed E-state index contributed by atoms with van der Waals surface area (Å²) >= 11 is 0. The summed E-state index contributed by atoms with van der Waals surface area (Å²) in [6, 6.07) is 0. The van der Waals surface area contributed by atoms with Gasteiger partial charge in [0.2, 0.25) is 8.32 Å². The molecule has 0 unspecified atom stereocenters. The minimum Gasteiger partial charge on any atom is -0.548 e. The van der Waals surface area contributed by atoms with Crippen LogP contribution < -0.4 is 0 Å². The third-order valence-corrected chi connectivity index (χ3v) is 5.14. The van der Waals surface area contributed by atoms with Gasteiger partial charge in [0.1, 0.15) is 0 Å². The average molecular weight is 298 g/mol. The zero-order valence-electron chi connectivity index (χ0n) is 13.9. The molecule has 0 saturated carbocycles. The van der Waals surface area contributed by atoms with Crippen molar-refractivity contribution in [2.24, 2.45) is 11.3 Å². The lowest BCUT2D eigenvalue weighted by atomic mass is 9.78. The summed E-state index contributed by atoms with van der Waals surface area (Å²) in [7, 11) is -1.50. The molecule has 0 bridgehead atoms. The highest BCUT2D eigenvalue weighted by Crippen LogP contribution is 2.46. The first-order valence-electron chi connectivity index (χ1n) is 7.77. The Morgan fingerprint density at radius 1 is 1.20 bits per heavy atom. The Morgan fingerprint density at radius 2 is 1.80 bits per heavy atom. The molecule has 0 N–H and O–H groups in total. The SMILES string of the molecule is CC1(CC[C@H]2C=C(O[Si](C)(C)C)CC2(C)C)OCCO1. The normalized spacial score (nSPS) is 28.5. The van der Waals surface area contributed by atoms with E-state index in [4.69, 9.17) is 13.9 Å². The molecule has 1 fully saturated rings. The molecule has 1 saturated heterocycles. The summed E-state index contributed by atoms with van der Waals surface area (Å²) in [5.41, 5.74) is 0.282. The number of hydrogen-bond acceptors (Lipinski definition) is 3. The molecule has 20 heavy (non-hydrogen) atoms. The van der Waals surface area contributed by atoms with Gasteiger partial charge in [0.15, 0.2) is 5.79 Å². The largest absolute Gasteiger partial charge is 0.548 e. The predicted molar refractivity (Wildman–Crippen MR) is 83.9 cm³/mol. The van der Waals surface area contributed by atoms with Gasteiger partial charge in [-0.15, -0.1) is 0 Å². The van der Waals surface area contributed by atoms with Gasteiger partial charge in [-0.3, -0.25) is 0 Å². The molecular weight excluding hydrogens is 268 g/mol. The van der Waals surface area contributed by atoms with Crippen molar-refractivity contribution in [3.05, 3.63) is 11.8 Å². The molecule has 0 aromatic carbocycles. The Labute approximate surface area is 124 Å². The van der Waals surface area contributed by atoms with E-state index in [-0.39, 0.29) is 11.2 Å². The van der Waals surface area contributed by atoms with E-state index in [1.807, 2.05) is 0 Å². The van der Waals surface area contributed by atoms with Gasteiger partial charge in [0.25, 0.3) is 0 Å². The van der Waals surface area contributed by atoms with Gasteiger partial charge < -0.3 is 13.9 Å². The van der Waals surface area contributed by atoms with E-state index in [1.165, 1.54) is 5.76 Å². The topological polar surface area (TPSA) is 27.7 Å². The minimum absolute atomic E-state index is 0.282. The van der Waals surface area contributed by atoms with Crippen molar-refractivity contribution in [2.45, 2.75) is 65.5 Å². The summed E-state index contributed by atoms with van der Waals surface area (Å²) in [5, 5.41) is 0. The molecule has 4 heteroatoms. The molecule has 116 valence electrons. The maximum Gasteiger partial charge on any atom is 0.241 e. The number of rotatable bonds is 5. The smallest absolute Gasteiger partial charge is 0.241 e. The van der Waals surface area contributed by atoms with Crippen molar-refractivity contribution in [1.82, 2.24) is 0 Å². The summed E-state index contributed by atoms with van der Waals surface area (Å²) in [6.45, 7) is 14.9. The fraction of sp³-hybridized carbons (Fsp3) is 0.875. The minimum atomic E-state index is -1.50. The lowest BCUT2D eigenvalue weighted by Crippen LogP contribution is -2.28. The van der Waals surface area contributed by atoms with Crippen molar-refractivity contribution in [2.75, 3.05) is 13.2 Å². The van der Waals surface area contributed by atoms with Crippen LogP contribution in [0.5, 0.6) is 0 Å². The monoisotopic (exact) mass is 298 g/mol. The number of allylic oxidation sites excluding steroid dienone is 2. The highest BCUT2D eigenvalue weighted by Gasteiger charge is 2.39. The number of ether oxygens (including phenoxy) is 2. The Morgan fingerprint density at radius 3 is 2.35 bits per heavy atom. The van der Waals surface area contributed by atoms with Crippen LogP contribution in [-0.4, -0.2) is 27.3 Å². The lowest BCUT2D eigenvalue weighted by molar-refractivity contribution is -0.149. The lowest BCUT2D eigenvalue weighted by Gasteiger charge is -2.30. The van der Waals surface area contributed by atoms with Crippen LogP contribution in [0.4, 0.5) is 0 Å². The third-order valence-electron chi connectivity index (χ3n) is 4.27. The average Bonchev–Trinajstić information content (AvgIpc) is 2.78. The molecule has 2 aliphatic rings. The van der Waals surface area contributed by atoms with Gasteiger partial charge in [-0.1, -0.05) is 13.8 Å². The maximum absolute atomic E-state index is 6.20. The molecule has 0 aromatic rings. The summed E-state index contributed by atoms with van der Waals surface area (Å²) in [5.74, 6) is 1.39. The van der Waals surface area contributed by atoms with Crippen LogP contribution in [0.3, 0.4) is 0 Å². The summed E-state index contributed by atoms with van der Waals surface area (Å²) in [6.07, 6.45) is 5.47. The first-order chi connectivity index (χ1) is 9.10. The Balaban J connectivity index is 1.95. The molecule has 0 amide bonds. The van der Waals surface area contributed by atoms with Gasteiger partial charge in [-0.2, -0.15) is 0 Å².